The van der Waals surface area contributed by atoms with Gasteiger partial charge in [0.25, 0.3) is 0 Å². The average Bonchev–Trinajstić information content (AvgIpc) is 3.63. The van der Waals surface area contributed by atoms with Gasteiger partial charge in [-0.3, -0.25) is 9.55 Å². The van der Waals surface area contributed by atoms with Crippen LogP contribution in [0.15, 0.2) is 134 Å². The molecule has 4 aromatic heterocycles. The number of pyridine rings is 3. The van der Waals surface area contributed by atoms with Crippen LogP contribution in [0.2, 0.25) is 0 Å². The Bertz CT molecular complexity index is 2150. The number of aromatic nitrogens is 6. The lowest BCUT2D eigenvalue weighted by molar-refractivity contribution is 0.660. The number of hydrogen-bond donors (Lipinski definition) is 0. The Morgan fingerprint density at radius 2 is 1.11 bits per heavy atom. The lowest BCUT2D eigenvalue weighted by Gasteiger charge is -2.21. The molecule has 1 aliphatic carbocycles. The van der Waals surface area contributed by atoms with E-state index in [0.717, 1.165) is 34.0 Å². The van der Waals surface area contributed by atoms with Crippen LogP contribution in [0.3, 0.4) is 0 Å². The Labute approximate surface area is 255 Å². The van der Waals surface area contributed by atoms with E-state index in [1.165, 1.54) is 22.3 Å². The molecule has 0 N–H and O–H groups in total. The summed E-state index contributed by atoms with van der Waals surface area (Å²) >= 11 is 0. The van der Waals surface area contributed by atoms with E-state index < -0.39 is 0 Å². The van der Waals surface area contributed by atoms with Gasteiger partial charge in [0, 0.05) is 22.9 Å². The van der Waals surface area contributed by atoms with Crippen LogP contribution in [0.4, 0.5) is 0 Å². The monoisotopic (exact) mass is 568 g/mol. The molecule has 0 bridgehead atoms. The minimum atomic E-state index is -0.0846. The van der Waals surface area contributed by atoms with Crippen LogP contribution in [0.1, 0.15) is 25.0 Å². The summed E-state index contributed by atoms with van der Waals surface area (Å²) in [6, 6.07) is 43.3. The maximum Gasteiger partial charge on any atom is 0.187 e. The lowest BCUT2D eigenvalue weighted by atomic mass is 9.82. The molecular formula is C38H28N6. The van der Waals surface area contributed by atoms with Crippen LogP contribution in [-0.2, 0) is 5.41 Å². The predicted molar refractivity (Wildman–Crippen MR) is 174 cm³/mol. The summed E-state index contributed by atoms with van der Waals surface area (Å²) in [5.74, 6) is 1.28. The van der Waals surface area contributed by atoms with Crippen molar-refractivity contribution in [1.29, 1.82) is 0 Å². The quantitative estimate of drug-likeness (QED) is 0.208. The van der Waals surface area contributed by atoms with Crippen molar-refractivity contribution >= 4 is 0 Å². The molecule has 0 aliphatic heterocycles. The second-order valence-electron chi connectivity index (χ2n) is 11.5. The molecule has 0 atom stereocenters. The van der Waals surface area contributed by atoms with Gasteiger partial charge in [0.05, 0.1) is 17.1 Å². The van der Waals surface area contributed by atoms with Crippen molar-refractivity contribution in [3.8, 4) is 62.5 Å². The number of hydrogen-bond acceptors (Lipinski definition) is 5. The molecular weight excluding hydrogens is 540 g/mol. The smallest absolute Gasteiger partial charge is 0.187 e. The van der Waals surface area contributed by atoms with Crippen LogP contribution in [-0.4, -0.2) is 29.7 Å². The molecule has 44 heavy (non-hydrogen) atoms. The Kier molecular flexibility index (Phi) is 6.01. The first-order valence-corrected chi connectivity index (χ1v) is 14.7. The standard InChI is InChI=1S/C38H28N6/c1-38(2)29-15-7-6-14-27(29)28-22-21-25(24-30(28)38)31-17-10-19-34(40-31)36-42-43-37(44(36)26-12-4-3-5-13-26)35-20-11-18-33(41-35)32-16-8-9-23-39-32/h3-24H,1-2H3. The van der Waals surface area contributed by atoms with Gasteiger partial charge in [0.1, 0.15) is 11.4 Å². The fourth-order valence-electron chi connectivity index (χ4n) is 6.24. The predicted octanol–water partition coefficient (Wildman–Crippen LogP) is 8.43. The fourth-order valence-corrected chi connectivity index (χ4v) is 6.24. The Hall–Kier alpha value is -5.75. The molecule has 3 aromatic carbocycles. The Balaban J connectivity index is 1.24. The SMILES string of the molecule is CC1(C)c2ccccc2-c2ccc(-c3cccc(-c4nnc(-c5cccc(-c6ccccn6)n5)n4-c4ccccc4)n3)cc21. The van der Waals surface area contributed by atoms with Crippen molar-refractivity contribution in [2.45, 2.75) is 19.3 Å². The summed E-state index contributed by atoms with van der Waals surface area (Å²) in [5, 5.41) is 9.33. The molecule has 0 amide bonds. The third kappa shape index (κ3) is 4.23. The zero-order chi connectivity index (χ0) is 29.7. The summed E-state index contributed by atoms with van der Waals surface area (Å²) in [6.45, 7) is 4.60. The van der Waals surface area contributed by atoms with E-state index in [0.29, 0.717) is 17.3 Å². The van der Waals surface area contributed by atoms with Gasteiger partial charge in [-0.2, -0.15) is 0 Å². The lowest BCUT2D eigenvalue weighted by Crippen LogP contribution is -2.14. The first kappa shape index (κ1) is 25.9. The van der Waals surface area contributed by atoms with Gasteiger partial charge < -0.3 is 0 Å². The van der Waals surface area contributed by atoms with Gasteiger partial charge in [0.15, 0.2) is 11.6 Å². The van der Waals surface area contributed by atoms with E-state index in [-0.39, 0.29) is 5.41 Å². The third-order valence-corrected chi connectivity index (χ3v) is 8.44. The summed E-state index contributed by atoms with van der Waals surface area (Å²) in [7, 11) is 0. The van der Waals surface area contributed by atoms with Crippen molar-refractivity contribution < 1.29 is 0 Å². The third-order valence-electron chi connectivity index (χ3n) is 8.44. The summed E-state index contributed by atoms with van der Waals surface area (Å²) < 4.78 is 2.03. The highest BCUT2D eigenvalue weighted by Crippen LogP contribution is 2.49. The molecule has 210 valence electrons. The van der Waals surface area contributed by atoms with Gasteiger partial charge in [-0.15, -0.1) is 10.2 Å². The fraction of sp³-hybridized carbons (Fsp3) is 0.0789. The second kappa shape index (κ2) is 10.2. The molecule has 8 rings (SSSR count). The summed E-state index contributed by atoms with van der Waals surface area (Å²) in [4.78, 5) is 14.6. The van der Waals surface area contributed by atoms with Crippen LogP contribution >= 0.6 is 0 Å². The zero-order valence-electron chi connectivity index (χ0n) is 24.4. The molecule has 0 saturated heterocycles. The minimum Gasteiger partial charge on any atom is -0.272 e. The normalized spacial score (nSPS) is 13.0. The average molecular weight is 569 g/mol. The van der Waals surface area contributed by atoms with E-state index in [1.807, 2.05) is 83.4 Å². The van der Waals surface area contributed by atoms with Crippen molar-refractivity contribution in [2.75, 3.05) is 0 Å². The highest BCUT2D eigenvalue weighted by atomic mass is 15.3. The molecule has 7 aromatic rings. The number of rotatable bonds is 5. The molecule has 6 nitrogen and oxygen atoms in total. The molecule has 0 radical (unpaired) electrons. The molecule has 0 saturated carbocycles. The van der Waals surface area contributed by atoms with E-state index in [4.69, 9.17) is 9.97 Å². The second-order valence-corrected chi connectivity index (χ2v) is 11.5. The minimum absolute atomic E-state index is 0.0846. The van der Waals surface area contributed by atoms with Crippen LogP contribution in [0, 0.1) is 0 Å². The maximum absolute atomic E-state index is 5.14. The number of fused-ring (bicyclic) bond motifs is 3. The van der Waals surface area contributed by atoms with Gasteiger partial charge in [0.2, 0.25) is 0 Å². The van der Waals surface area contributed by atoms with Crippen molar-refractivity contribution in [3.05, 3.63) is 145 Å². The molecule has 4 heterocycles. The van der Waals surface area contributed by atoms with Crippen LogP contribution in [0.5, 0.6) is 0 Å². The maximum atomic E-state index is 5.14. The van der Waals surface area contributed by atoms with Crippen molar-refractivity contribution in [3.63, 3.8) is 0 Å². The number of benzene rings is 3. The first-order chi connectivity index (χ1) is 21.6. The van der Waals surface area contributed by atoms with Gasteiger partial charge >= 0.3 is 0 Å². The number of para-hydroxylation sites is 1. The summed E-state index contributed by atoms with van der Waals surface area (Å²) in [5.41, 5.74) is 11.1. The van der Waals surface area contributed by atoms with Crippen LogP contribution in [0.25, 0.3) is 62.5 Å². The van der Waals surface area contributed by atoms with Crippen molar-refractivity contribution in [2.24, 2.45) is 0 Å². The zero-order valence-corrected chi connectivity index (χ0v) is 24.4. The van der Waals surface area contributed by atoms with Crippen LogP contribution < -0.4 is 0 Å². The molecule has 6 heteroatoms. The van der Waals surface area contributed by atoms with Gasteiger partial charge in [-0.05, 0) is 76.9 Å². The van der Waals surface area contributed by atoms with E-state index in [9.17, 15) is 0 Å². The first-order valence-electron chi connectivity index (χ1n) is 14.7. The number of nitrogens with zero attached hydrogens (tertiary/aromatic N) is 6. The molecule has 0 unspecified atom stereocenters. The van der Waals surface area contributed by atoms with Gasteiger partial charge in [-0.1, -0.05) is 86.6 Å². The summed E-state index contributed by atoms with van der Waals surface area (Å²) in [6.07, 6.45) is 1.77. The molecule has 0 spiro atoms. The van der Waals surface area contributed by atoms with Gasteiger partial charge in [-0.25, -0.2) is 9.97 Å². The Morgan fingerprint density at radius 3 is 1.86 bits per heavy atom. The Morgan fingerprint density at radius 1 is 0.500 bits per heavy atom. The van der Waals surface area contributed by atoms with Crippen molar-refractivity contribution in [1.82, 2.24) is 29.7 Å². The highest BCUT2D eigenvalue weighted by molar-refractivity contribution is 5.83. The highest BCUT2D eigenvalue weighted by Gasteiger charge is 2.35. The molecule has 0 fully saturated rings. The topological polar surface area (TPSA) is 69.4 Å². The van der Waals surface area contributed by atoms with E-state index >= 15 is 0 Å². The largest absolute Gasteiger partial charge is 0.272 e. The van der Waals surface area contributed by atoms with E-state index in [1.54, 1.807) is 6.20 Å². The molecule has 1 aliphatic rings. The van der Waals surface area contributed by atoms with E-state index in [2.05, 4.69) is 77.6 Å².